The molecule has 2 aromatic carbocycles. The number of fused-ring (bicyclic) bond motifs is 1. The zero-order chi connectivity index (χ0) is 18.2. The van der Waals surface area contributed by atoms with E-state index in [4.69, 9.17) is 15.2 Å². The first-order valence-electron chi connectivity index (χ1n) is 9.16. The second-order valence-corrected chi connectivity index (χ2v) is 6.50. The molecule has 3 N–H and O–H groups in total. The molecule has 6 nitrogen and oxygen atoms in total. The van der Waals surface area contributed by atoms with Gasteiger partial charge in [0.15, 0.2) is 6.61 Å². The van der Waals surface area contributed by atoms with E-state index in [0.29, 0.717) is 12.3 Å². The first kappa shape index (κ1) is 18.6. The Morgan fingerprint density at radius 1 is 1.19 bits per heavy atom. The molecular formula is C20H27N3O3. The summed E-state index contributed by atoms with van der Waals surface area (Å²) in [5.74, 6) is 0.241. The van der Waals surface area contributed by atoms with E-state index in [1.54, 1.807) is 0 Å². The molecule has 0 unspecified atom stereocenters. The highest BCUT2D eigenvalue weighted by molar-refractivity contribution is 5.88. The minimum atomic E-state index is -0.470. The zero-order valence-electron chi connectivity index (χ0n) is 15.1. The number of nitrogens with zero attached hydrogens (tertiary/aromatic N) is 1. The molecule has 0 atom stereocenters. The Balaban J connectivity index is 1.59. The summed E-state index contributed by atoms with van der Waals surface area (Å²) in [7, 11) is 0. The number of hydrogen-bond acceptors (Lipinski definition) is 5. The Morgan fingerprint density at radius 3 is 2.81 bits per heavy atom. The number of carbonyl (C=O) groups is 1. The summed E-state index contributed by atoms with van der Waals surface area (Å²) in [6.07, 6.45) is 1.09. The van der Waals surface area contributed by atoms with Crippen LogP contribution in [0.15, 0.2) is 36.4 Å². The Morgan fingerprint density at radius 2 is 2.00 bits per heavy atom. The van der Waals surface area contributed by atoms with Gasteiger partial charge in [-0.25, -0.2) is 0 Å². The van der Waals surface area contributed by atoms with Crippen LogP contribution in [0.1, 0.15) is 12.0 Å². The molecule has 1 aliphatic heterocycles. The van der Waals surface area contributed by atoms with Gasteiger partial charge in [0.2, 0.25) is 0 Å². The maximum atomic E-state index is 11.1. The minimum absolute atomic E-state index is 0.109. The fourth-order valence-electron chi connectivity index (χ4n) is 3.25. The summed E-state index contributed by atoms with van der Waals surface area (Å²) in [6.45, 7) is 6.31. The number of morpholine rings is 1. The van der Waals surface area contributed by atoms with Crippen LogP contribution in [0.2, 0.25) is 0 Å². The van der Waals surface area contributed by atoms with Crippen molar-refractivity contribution >= 4 is 16.7 Å². The predicted molar refractivity (Wildman–Crippen MR) is 102 cm³/mol. The second-order valence-electron chi connectivity index (χ2n) is 6.50. The van der Waals surface area contributed by atoms with Crippen LogP contribution < -0.4 is 15.8 Å². The van der Waals surface area contributed by atoms with Gasteiger partial charge in [0.05, 0.1) is 13.2 Å². The Hall–Kier alpha value is -2.15. The SMILES string of the molecule is NC(=O)COc1ccc2ccccc2c1CNCCCN1CCOCC1. The maximum Gasteiger partial charge on any atom is 0.255 e. The van der Waals surface area contributed by atoms with Crippen LogP contribution in [-0.2, 0) is 16.1 Å². The van der Waals surface area contributed by atoms with Crippen molar-refractivity contribution in [1.82, 2.24) is 10.2 Å². The molecule has 0 saturated carbocycles. The fourth-order valence-corrected chi connectivity index (χ4v) is 3.25. The van der Waals surface area contributed by atoms with Crippen molar-refractivity contribution in [2.75, 3.05) is 46.0 Å². The molecule has 1 fully saturated rings. The molecule has 1 heterocycles. The van der Waals surface area contributed by atoms with E-state index < -0.39 is 5.91 Å². The van der Waals surface area contributed by atoms with Crippen molar-refractivity contribution in [3.8, 4) is 5.75 Å². The van der Waals surface area contributed by atoms with E-state index in [1.807, 2.05) is 24.3 Å². The highest BCUT2D eigenvalue weighted by atomic mass is 16.5. The third-order valence-corrected chi connectivity index (χ3v) is 4.60. The summed E-state index contributed by atoms with van der Waals surface area (Å²) < 4.78 is 11.0. The third kappa shape index (κ3) is 5.17. The quantitative estimate of drug-likeness (QED) is 0.666. The van der Waals surface area contributed by atoms with Crippen molar-refractivity contribution in [3.05, 3.63) is 42.0 Å². The first-order valence-corrected chi connectivity index (χ1v) is 9.16. The van der Waals surface area contributed by atoms with Gasteiger partial charge in [-0.3, -0.25) is 9.69 Å². The molecule has 140 valence electrons. The van der Waals surface area contributed by atoms with Gasteiger partial charge in [0.25, 0.3) is 5.91 Å². The Labute approximate surface area is 154 Å². The van der Waals surface area contributed by atoms with E-state index in [-0.39, 0.29) is 6.61 Å². The smallest absolute Gasteiger partial charge is 0.255 e. The van der Waals surface area contributed by atoms with Crippen LogP contribution in [-0.4, -0.2) is 56.8 Å². The number of ether oxygens (including phenoxy) is 2. The molecule has 0 radical (unpaired) electrons. The van der Waals surface area contributed by atoms with E-state index in [0.717, 1.165) is 62.1 Å². The lowest BCUT2D eigenvalue weighted by molar-refractivity contribution is -0.119. The normalized spacial score (nSPS) is 15.2. The molecule has 1 saturated heterocycles. The van der Waals surface area contributed by atoms with Crippen molar-refractivity contribution in [2.24, 2.45) is 5.73 Å². The van der Waals surface area contributed by atoms with Gasteiger partial charge in [0, 0.05) is 25.2 Å². The Kier molecular flexibility index (Phi) is 6.82. The predicted octanol–water partition coefficient (Wildman–Crippen LogP) is 1.52. The fraction of sp³-hybridized carbons (Fsp3) is 0.450. The number of rotatable bonds is 9. The lowest BCUT2D eigenvalue weighted by Gasteiger charge is -2.26. The monoisotopic (exact) mass is 357 g/mol. The molecule has 3 rings (SSSR count). The minimum Gasteiger partial charge on any atom is -0.483 e. The van der Waals surface area contributed by atoms with Gasteiger partial charge in [-0.05, 0) is 36.3 Å². The van der Waals surface area contributed by atoms with Crippen molar-refractivity contribution in [2.45, 2.75) is 13.0 Å². The number of amides is 1. The molecular weight excluding hydrogens is 330 g/mol. The van der Waals surface area contributed by atoms with E-state index in [2.05, 4.69) is 22.3 Å². The standard InChI is InChI=1S/C20H27N3O3/c21-20(24)15-26-19-7-6-16-4-1-2-5-17(16)18(19)14-22-8-3-9-23-10-12-25-13-11-23/h1-2,4-7,22H,3,8-15H2,(H2,21,24). The third-order valence-electron chi connectivity index (χ3n) is 4.60. The summed E-state index contributed by atoms with van der Waals surface area (Å²) in [6, 6.07) is 12.1. The number of nitrogens with one attached hydrogen (secondary N) is 1. The average molecular weight is 357 g/mol. The lowest BCUT2D eigenvalue weighted by Crippen LogP contribution is -2.37. The van der Waals surface area contributed by atoms with Gasteiger partial charge in [0.1, 0.15) is 5.75 Å². The topological polar surface area (TPSA) is 76.8 Å². The highest BCUT2D eigenvalue weighted by Crippen LogP contribution is 2.28. The van der Waals surface area contributed by atoms with Crippen LogP contribution in [0.3, 0.4) is 0 Å². The zero-order valence-corrected chi connectivity index (χ0v) is 15.1. The second kappa shape index (κ2) is 9.52. The van der Waals surface area contributed by atoms with E-state index >= 15 is 0 Å². The molecule has 1 aliphatic rings. The van der Waals surface area contributed by atoms with Crippen LogP contribution in [0.4, 0.5) is 0 Å². The number of carbonyl (C=O) groups excluding carboxylic acids is 1. The molecule has 0 aromatic heterocycles. The molecule has 6 heteroatoms. The molecule has 0 aliphatic carbocycles. The van der Waals surface area contributed by atoms with Crippen LogP contribution in [0.25, 0.3) is 10.8 Å². The molecule has 2 aromatic rings. The number of benzene rings is 2. The Bertz CT molecular complexity index is 729. The summed E-state index contributed by atoms with van der Waals surface area (Å²) in [5, 5.41) is 5.80. The summed E-state index contributed by atoms with van der Waals surface area (Å²) >= 11 is 0. The summed E-state index contributed by atoms with van der Waals surface area (Å²) in [5.41, 5.74) is 6.29. The van der Waals surface area contributed by atoms with Gasteiger partial charge < -0.3 is 20.5 Å². The molecule has 1 amide bonds. The van der Waals surface area contributed by atoms with Gasteiger partial charge >= 0.3 is 0 Å². The van der Waals surface area contributed by atoms with Gasteiger partial charge in [-0.15, -0.1) is 0 Å². The number of nitrogens with two attached hydrogens (primary N) is 1. The summed E-state index contributed by atoms with van der Waals surface area (Å²) in [4.78, 5) is 13.5. The van der Waals surface area contributed by atoms with E-state index in [1.165, 1.54) is 0 Å². The van der Waals surface area contributed by atoms with Crippen molar-refractivity contribution < 1.29 is 14.3 Å². The van der Waals surface area contributed by atoms with Gasteiger partial charge in [-0.2, -0.15) is 0 Å². The van der Waals surface area contributed by atoms with Gasteiger partial charge in [-0.1, -0.05) is 30.3 Å². The van der Waals surface area contributed by atoms with Crippen LogP contribution in [0, 0.1) is 0 Å². The maximum absolute atomic E-state index is 11.1. The van der Waals surface area contributed by atoms with Crippen LogP contribution >= 0.6 is 0 Å². The average Bonchev–Trinajstić information content (AvgIpc) is 2.67. The van der Waals surface area contributed by atoms with E-state index in [9.17, 15) is 4.79 Å². The van der Waals surface area contributed by atoms with Crippen molar-refractivity contribution in [1.29, 1.82) is 0 Å². The molecule has 0 bridgehead atoms. The highest BCUT2D eigenvalue weighted by Gasteiger charge is 2.11. The molecule has 0 spiro atoms. The van der Waals surface area contributed by atoms with Crippen LogP contribution in [0.5, 0.6) is 5.75 Å². The largest absolute Gasteiger partial charge is 0.483 e. The lowest BCUT2D eigenvalue weighted by atomic mass is 10.0. The van der Waals surface area contributed by atoms with Crippen molar-refractivity contribution in [3.63, 3.8) is 0 Å². The number of primary amides is 1. The number of hydrogen-bond donors (Lipinski definition) is 2. The first-order chi connectivity index (χ1) is 12.7. The molecule has 26 heavy (non-hydrogen) atoms.